The van der Waals surface area contributed by atoms with Gasteiger partial charge in [-0.2, -0.15) is 0 Å². The van der Waals surface area contributed by atoms with Gasteiger partial charge in [0.15, 0.2) is 24.5 Å². The third kappa shape index (κ3) is 1.46. The Bertz CT molecular complexity index is 494. The van der Waals surface area contributed by atoms with Crippen LogP contribution in [0.5, 0.6) is 5.75 Å². The molecule has 1 aromatic rings. The Labute approximate surface area is 92.1 Å². The maximum atomic E-state index is 11.1. The molecule has 0 atom stereocenters. The van der Waals surface area contributed by atoms with E-state index in [0.29, 0.717) is 23.4 Å². The second-order valence-electron chi connectivity index (χ2n) is 3.37. The average molecular weight is 218 g/mol. The zero-order chi connectivity index (χ0) is 11.7. The standard InChI is InChI=1S/C11H10N2O3/c1-3-7-6(2)10-11(12-8(7)4-14)13-9(15)5-16-10/h3-4H,1,5H2,2H3,(H,12,13,15). The molecular weight excluding hydrogens is 208 g/mol. The van der Waals surface area contributed by atoms with Gasteiger partial charge in [-0.15, -0.1) is 0 Å². The second-order valence-corrected chi connectivity index (χ2v) is 3.37. The zero-order valence-corrected chi connectivity index (χ0v) is 8.74. The lowest BCUT2D eigenvalue weighted by atomic mass is 10.1. The molecule has 5 heteroatoms. The summed E-state index contributed by atoms with van der Waals surface area (Å²) in [4.78, 5) is 26.0. The van der Waals surface area contributed by atoms with Gasteiger partial charge in [0, 0.05) is 11.1 Å². The Morgan fingerprint density at radius 3 is 2.94 bits per heavy atom. The Balaban J connectivity index is 2.66. The van der Waals surface area contributed by atoms with Gasteiger partial charge in [0.2, 0.25) is 0 Å². The van der Waals surface area contributed by atoms with E-state index in [1.54, 1.807) is 13.0 Å². The minimum atomic E-state index is -0.275. The Hall–Kier alpha value is -2.17. The van der Waals surface area contributed by atoms with Crippen LogP contribution in [0.3, 0.4) is 0 Å². The summed E-state index contributed by atoms with van der Waals surface area (Å²) >= 11 is 0. The van der Waals surface area contributed by atoms with Crippen molar-refractivity contribution < 1.29 is 14.3 Å². The summed E-state index contributed by atoms with van der Waals surface area (Å²) in [6, 6.07) is 0. The fourth-order valence-corrected chi connectivity index (χ4v) is 1.64. The molecule has 0 saturated carbocycles. The molecule has 2 rings (SSSR count). The van der Waals surface area contributed by atoms with Gasteiger partial charge in [-0.25, -0.2) is 4.98 Å². The van der Waals surface area contributed by atoms with E-state index < -0.39 is 0 Å². The normalized spacial score (nSPS) is 13.4. The van der Waals surface area contributed by atoms with Gasteiger partial charge in [0.05, 0.1) is 0 Å². The van der Waals surface area contributed by atoms with Gasteiger partial charge in [0.1, 0.15) is 5.69 Å². The zero-order valence-electron chi connectivity index (χ0n) is 8.74. The molecule has 2 heterocycles. The molecule has 1 aliphatic rings. The van der Waals surface area contributed by atoms with Crippen molar-refractivity contribution in [3.63, 3.8) is 0 Å². The molecule has 0 aromatic carbocycles. The quantitative estimate of drug-likeness (QED) is 0.757. The number of rotatable bonds is 2. The number of carbonyl (C=O) groups excluding carboxylic acids is 2. The lowest BCUT2D eigenvalue weighted by Crippen LogP contribution is -2.27. The summed E-state index contributed by atoms with van der Waals surface area (Å²) in [5.74, 6) is 0.518. The monoisotopic (exact) mass is 218 g/mol. The average Bonchev–Trinajstić information content (AvgIpc) is 2.28. The third-order valence-electron chi connectivity index (χ3n) is 2.39. The highest BCUT2D eigenvalue weighted by molar-refractivity contribution is 5.96. The fourth-order valence-electron chi connectivity index (χ4n) is 1.64. The van der Waals surface area contributed by atoms with Gasteiger partial charge in [0.25, 0.3) is 5.91 Å². The molecule has 0 bridgehead atoms. The number of aldehydes is 1. The van der Waals surface area contributed by atoms with Crippen molar-refractivity contribution in [2.75, 3.05) is 11.9 Å². The first-order valence-corrected chi connectivity index (χ1v) is 4.72. The number of pyridine rings is 1. The van der Waals surface area contributed by atoms with E-state index in [-0.39, 0.29) is 18.2 Å². The molecule has 0 fully saturated rings. The predicted octanol–water partition coefficient (Wildman–Crippen LogP) is 1.18. The number of hydrogen-bond donors (Lipinski definition) is 1. The van der Waals surface area contributed by atoms with Crippen molar-refractivity contribution in [1.82, 2.24) is 4.98 Å². The summed E-state index contributed by atoms with van der Waals surface area (Å²) in [6.07, 6.45) is 2.18. The van der Waals surface area contributed by atoms with Crippen LogP contribution in [0.15, 0.2) is 6.58 Å². The second kappa shape index (κ2) is 3.77. The van der Waals surface area contributed by atoms with E-state index in [9.17, 15) is 9.59 Å². The topological polar surface area (TPSA) is 68.3 Å². The molecule has 0 spiro atoms. The van der Waals surface area contributed by atoms with Crippen LogP contribution in [0.2, 0.25) is 0 Å². The van der Waals surface area contributed by atoms with Crippen molar-refractivity contribution in [3.8, 4) is 5.75 Å². The largest absolute Gasteiger partial charge is 0.480 e. The van der Waals surface area contributed by atoms with Crippen LogP contribution in [0, 0.1) is 6.92 Å². The van der Waals surface area contributed by atoms with Crippen LogP contribution >= 0.6 is 0 Å². The summed E-state index contributed by atoms with van der Waals surface area (Å²) in [7, 11) is 0. The molecule has 1 amide bonds. The Kier molecular flexibility index (Phi) is 2.44. The first kappa shape index (κ1) is 10.4. The van der Waals surface area contributed by atoms with E-state index in [0.717, 1.165) is 5.56 Å². The minimum absolute atomic E-state index is 0.0352. The minimum Gasteiger partial charge on any atom is -0.480 e. The van der Waals surface area contributed by atoms with E-state index in [1.165, 1.54) is 0 Å². The molecule has 82 valence electrons. The van der Waals surface area contributed by atoms with Crippen LogP contribution in [-0.2, 0) is 4.79 Å². The van der Waals surface area contributed by atoms with Crippen molar-refractivity contribution in [3.05, 3.63) is 23.4 Å². The van der Waals surface area contributed by atoms with E-state index in [4.69, 9.17) is 4.74 Å². The molecule has 1 aromatic heterocycles. The highest BCUT2D eigenvalue weighted by atomic mass is 16.5. The van der Waals surface area contributed by atoms with Crippen molar-refractivity contribution in [2.24, 2.45) is 0 Å². The molecular formula is C11H10N2O3. The van der Waals surface area contributed by atoms with Crippen molar-refractivity contribution in [2.45, 2.75) is 6.92 Å². The maximum absolute atomic E-state index is 11.1. The van der Waals surface area contributed by atoms with Crippen molar-refractivity contribution >= 4 is 24.1 Å². The van der Waals surface area contributed by atoms with Crippen LogP contribution in [0.1, 0.15) is 21.6 Å². The summed E-state index contributed by atoms with van der Waals surface area (Å²) in [5, 5.41) is 2.56. The van der Waals surface area contributed by atoms with E-state index in [1.807, 2.05) is 0 Å². The van der Waals surface area contributed by atoms with Crippen LogP contribution in [-0.4, -0.2) is 23.8 Å². The number of fused-ring (bicyclic) bond motifs is 1. The van der Waals surface area contributed by atoms with Gasteiger partial charge in [-0.05, 0) is 6.92 Å². The Morgan fingerprint density at radius 1 is 1.56 bits per heavy atom. The van der Waals surface area contributed by atoms with Crippen molar-refractivity contribution in [1.29, 1.82) is 0 Å². The van der Waals surface area contributed by atoms with E-state index in [2.05, 4.69) is 16.9 Å². The molecule has 1 N–H and O–H groups in total. The van der Waals surface area contributed by atoms with Gasteiger partial charge < -0.3 is 10.1 Å². The number of aromatic nitrogens is 1. The lowest BCUT2D eigenvalue weighted by molar-refractivity contribution is -0.118. The van der Waals surface area contributed by atoms with E-state index >= 15 is 0 Å². The van der Waals surface area contributed by atoms with Gasteiger partial charge >= 0.3 is 0 Å². The van der Waals surface area contributed by atoms with Gasteiger partial charge in [-0.3, -0.25) is 9.59 Å². The SMILES string of the molecule is C=Cc1c(C=O)nc2c(c1C)OCC(=O)N2. The number of nitrogens with zero attached hydrogens (tertiary/aromatic N) is 1. The number of ether oxygens (including phenoxy) is 1. The first-order chi connectivity index (χ1) is 7.67. The third-order valence-corrected chi connectivity index (χ3v) is 2.39. The highest BCUT2D eigenvalue weighted by Gasteiger charge is 2.22. The first-order valence-electron chi connectivity index (χ1n) is 4.72. The summed E-state index contributed by atoms with van der Waals surface area (Å²) in [5.41, 5.74) is 1.63. The van der Waals surface area contributed by atoms with Crippen LogP contribution in [0.4, 0.5) is 5.82 Å². The smallest absolute Gasteiger partial charge is 0.263 e. The summed E-state index contributed by atoms with van der Waals surface area (Å²) in [6.45, 7) is 5.38. The van der Waals surface area contributed by atoms with Crippen LogP contribution < -0.4 is 10.1 Å². The number of anilines is 1. The molecule has 5 nitrogen and oxygen atoms in total. The molecule has 0 saturated heterocycles. The highest BCUT2D eigenvalue weighted by Crippen LogP contribution is 2.33. The molecule has 0 aliphatic carbocycles. The maximum Gasteiger partial charge on any atom is 0.263 e. The fraction of sp³-hybridized carbons (Fsp3) is 0.182. The number of carbonyl (C=O) groups is 2. The Morgan fingerprint density at radius 2 is 2.31 bits per heavy atom. The predicted molar refractivity (Wildman–Crippen MR) is 58.6 cm³/mol. The van der Waals surface area contributed by atoms with Crippen LogP contribution in [0.25, 0.3) is 6.08 Å². The summed E-state index contributed by atoms with van der Waals surface area (Å²) < 4.78 is 5.27. The molecule has 1 aliphatic heterocycles. The molecule has 16 heavy (non-hydrogen) atoms. The lowest BCUT2D eigenvalue weighted by Gasteiger charge is -2.20. The number of amides is 1. The molecule has 0 radical (unpaired) electrons. The number of hydrogen-bond acceptors (Lipinski definition) is 4. The molecule has 0 unspecified atom stereocenters. The number of nitrogens with one attached hydrogen (secondary N) is 1. The van der Waals surface area contributed by atoms with Gasteiger partial charge in [-0.1, -0.05) is 12.7 Å².